The number of hydrogen-bond donors (Lipinski definition) is 1. The Kier molecular flexibility index (Phi) is 8.37. The summed E-state index contributed by atoms with van der Waals surface area (Å²) >= 11 is 1.36. The van der Waals surface area contributed by atoms with E-state index in [9.17, 15) is 9.59 Å². The zero-order valence-electron chi connectivity index (χ0n) is 18.0. The molecule has 1 aliphatic carbocycles. The van der Waals surface area contributed by atoms with Gasteiger partial charge >= 0.3 is 0 Å². The number of carbonyl (C=O) groups excluding carboxylic acids is 2. The van der Waals surface area contributed by atoms with E-state index >= 15 is 0 Å². The van der Waals surface area contributed by atoms with Crippen LogP contribution in [0.2, 0.25) is 0 Å². The molecule has 30 heavy (non-hydrogen) atoms. The second-order valence-electron chi connectivity index (χ2n) is 8.15. The van der Waals surface area contributed by atoms with Gasteiger partial charge < -0.3 is 10.2 Å². The average Bonchev–Trinajstić information content (AvgIpc) is 3.41. The minimum atomic E-state index is -0.133. The summed E-state index contributed by atoms with van der Waals surface area (Å²) in [5.41, 5.74) is 2.15. The molecule has 0 aliphatic heterocycles. The lowest BCUT2D eigenvalue weighted by Crippen LogP contribution is -2.34. The molecule has 1 saturated carbocycles. The van der Waals surface area contributed by atoms with Crippen molar-refractivity contribution in [3.8, 4) is 10.6 Å². The van der Waals surface area contributed by atoms with Crippen molar-refractivity contribution in [2.75, 3.05) is 18.4 Å². The van der Waals surface area contributed by atoms with E-state index in [4.69, 9.17) is 0 Å². The Morgan fingerprint density at radius 2 is 1.97 bits per heavy atom. The number of hydrogen-bond acceptors (Lipinski definition) is 5. The molecule has 1 heterocycles. The fourth-order valence-corrected chi connectivity index (χ4v) is 4.76. The van der Waals surface area contributed by atoms with Gasteiger partial charge in [0.2, 0.25) is 16.9 Å². The highest BCUT2D eigenvalue weighted by Crippen LogP contribution is 2.29. The van der Waals surface area contributed by atoms with Gasteiger partial charge in [0.15, 0.2) is 0 Å². The normalized spacial score (nSPS) is 14.1. The van der Waals surface area contributed by atoms with E-state index in [-0.39, 0.29) is 18.2 Å². The van der Waals surface area contributed by atoms with E-state index in [0.29, 0.717) is 30.6 Å². The van der Waals surface area contributed by atoms with Crippen LogP contribution in [0.4, 0.5) is 5.13 Å². The minimum Gasteiger partial charge on any atom is -0.342 e. The molecule has 7 heteroatoms. The van der Waals surface area contributed by atoms with Crippen LogP contribution < -0.4 is 5.32 Å². The van der Waals surface area contributed by atoms with Crippen molar-refractivity contribution >= 4 is 28.3 Å². The first kappa shape index (κ1) is 22.4. The topological polar surface area (TPSA) is 75.2 Å². The van der Waals surface area contributed by atoms with Crippen molar-refractivity contribution in [1.29, 1.82) is 0 Å². The summed E-state index contributed by atoms with van der Waals surface area (Å²) in [4.78, 5) is 26.9. The van der Waals surface area contributed by atoms with Crippen LogP contribution in [0.1, 0.15) is 63.9 Å². The molecule has 0 atom stereocenters. The highest BCUT2D eigenvalue weighted by atomic mass is 32.1. The molecule has 0 spiro atoms. The molecule has 3 rings (SSSR count). The molecule has 0 radical (unpaired) electrons. The van der Waals surface area contributed by atoms with Crippen LogP contribution in [-0.4, -0.2) is 40.0 Å². The second-order valence-corrected chi connectivity index (χ2v) is 9.13. The van der Waals surface area contributed by atoms with Crippen LogP contribution in [0.3, 0.4) is 0 Å². The maximum absolute atomic E-state index is 12.6. The zero-order chi connectivity index (χ0) is 21.3. The lowest BCUT2D eigenvalue weighted by molar-refractivity contribution is -0.132. The van der Waals surface area contributed by atoms with E-state index in [1.54, 1.807) is 0 Å². The monoisotopic (exact) mass is 428 g/mol. The zero-order valence-corrected chi connectivity index (χ0v) is 18.8. The maximum Gasteiger partial charge on any atom is 0.227 e. The smallest absolute Gasteiger partial charge is 0.227 e. The third-order valence-electron chi connectivity index (χ3n) is 5.63. The van der Waals surface area contributed by atoms with Crippen molar-refractivity contribution < 1.29 is 9.59 Å². The molecule has 1 N–H and O–H groups in total. The van der Waals surface area contributed by atoms with Crippen molar-refractivity contribution in [3.63, 3.8) is 0 Å². The summed E-state index contributed by atoms with van der Waals surface area (Å²) < 4.78 is 0. The van der Waals surface area contributed by atoms with Crippen LogP contribution in [-0.2, 0) is 9.59 Å². The van der Waals surface area contributed by atoms with Gasteiger partial charge in [-0.3, -0.25) is 9.59 Å². The van der Waals surface area contributed by atoms with Crippen molar-refractivity contribution in [3.05, 3.63) is 29.8 Å². The van der Waals surface area contributed by atoms with E-state index in [1.165, 1.54) is 37.0 Å². The molecular formula is C23H32N4O2S. The number of aromatic nitrogens is 2. The Balaban J connectivity index is 1.47. The molecular weight excluding hydrogens is 396 g/mol. The van der Waals surface area contributed by atoms with Gasteiger partial charge in [0.05, 0.1) is 0 Å². The molecule has 1 aliphatic rings. The lowest BCUT2D eigenvalue weighted by Gasteiger charge is -2.22. The number of benzene rings is 1. The summed E-state index contributed by atoms with van der Waals surface area (Å²) in [7, 11) is 0. The second kappa shape index (κ2) is 11.2. The highest BCUT2D eigenvalue weighted by Gasteiger charge is 2.19. The number of aryl methyl sites for hydroxylation is 1. The first-order valence-corrected chi connectivity index (χ1v) is 11.8. The largest absolute Gasteiger partial charge is 0.342 e. The first-order valence-electron chi connectivity index (χ1n) is 11.0. The molecule has 1 fully saturated rings. The third kappa shape index (κ3) is 6.62. The molecule has 0 saturated heterocycles. The molecule has 2 amide bonds. The Morgan fingerprint density at radius 1 is 1.17 bits per heavy atom. The fraction of sp³-hybridized carbons (Fsp3) is 0.565. The van der Waals surface area contributed by atoms with Crippen LogP contribution >= 0.6 is 11.3 Å². The number of rotatable bonds is 10. The van der Waals surface area contributed by atoms with E-state index in [1.807, 2.05) is 36.1 Å². The first-order chi connectivity index (χ1) is 14.5. The van der Waals surface area contributed by atoms with Crippen LogP contribution in [0.15, 0.2) is 24.3 Å². The molecule has 0 unspecified atom stereocenters. The fourth-order valence-electron chi connectivity index (χ4n) is 4.00. The third-order valence-corrected chi connectivity index (χ3v) is 6.52. The van der Waals surface area contributed by atoms with Gasteiger partial charge in [-0.25, -0.2) is 0 Å². The quantitative estimate of drug-likeness (QED) is 0.574. The standard InChI is InChI=1S/C23H32N4O2S/c1-3-14-27(21(29)12-11-18-8-4-5-9-18)15-13-20(28)24-23-26-25-22(30-23)19-10-6-7-17(2)16-19/h6-7,10,16,18H,3-5,8-9,11-15H2,1-2H3,(H,24,26,28). The highest BCUT2D eigenvalue weighted by molar-refractivity contribution is 7.18. The average molecular weight is 429 g/mol. The lowest BCUT2D eigenvalue weighted by atomic mass is 10.0. The van der Waals surface area contributed by atoms with Gasteiger partial charge in [-0.05, 0) is 31.7 Å². The minimum absolute atomic E-state index is 0.133. The van der Waals surface area contributed by atoms with E-state index < -0.39 is 0 Å². The predicted octanol–water partition coefficient (Wildman–Crippen LogP) is 5.05. The molecule has 2 aromatic rings. The van der Waals surface area contributed by atoms with Gasteiger partial charge in [-0.2, -0.15) is 0 Å². The van der Waals surface area contributed by atoms with Gasteiger partial charge in [-0.1, -0.05) is 67.7 Å². The van der Waals surface area contributed by atoms with E-state index in [0.717, 1.165) is 29.0 Å². The molecule has 1 aromatic heterocycles. The van der Waals surface area contributed by atoms with Gasteiger partial charge in [0.25, 0.3) is 0 Å². The van der Waals surface area contributed by atoms with Crippen LogP contribution in [0, 0.1) is 12.8 Å². The summed E-state index contributed by atoms with van der Waals surface area (Å²) in [6.45, 7) is 5.25. The van der Waals surface area contributed by atoms with Crippen molar-refractivity contribution in [2.45, 2.75) is 65.2 Å². The molecule has 0 bridgehead atoms. The van der Waals surface area contributed by atoms with Crippen molar-refractivity contribution in [2.24, 2.45) is 5.92 Å². The number of amides is 2. The molecule has 1 aromatic carbocycles. The Bertz CT molecular complexity index is 845. The number of nitrogens with one attached hydrogen (secondary N) is 1. The summed E-state index contributed by atoms with van der Waals surface area (Å²) in [5.74, 6) is 0.751. The van der Waals surface area contributed by atoms with Crippen LogP contribution in [0.5, 0.6) is 0 Å². The number of nitrogens with zero attached hydrogens (tertiary/aromatic N) is 3. The Labute approximate surface area is 183 Å². The Hall–Kier alpha value is -2.28. The van der Waals surface area contributed by atoms with Crippen LogP contribution in [0.25, 0.3) is 10.6 Å². The summed E-state index contributed by atoms with van der Waals surface area (Å²) in [5, 5.41) is 12.4. The summed E-state index contributed by atoms with van der Waals surface area (Å²) in [6, 6.07) is 8.05. The maximum atomic E-state index is 12.6. The Morgan fingerprint density at radius 3 is 2.70 bits per heavy atom. The van der Waals surface area contributed by atoms with Crippen molar-refractivity contribution in [1.82, 2.24) is 15.1 Å². The van der Waals surface area contributed by atoms with Gasteiger partial charge in [-0.15, -0.1) is 10.2 Å². The predicted molar refractivity (Wildman–Crippen MR) is 121 cm³/mol. The molecule has 162 valence electrons. The van der Waals surface area contributed by atoms with Gasteiger partial charge in [0, 0.05) is 31.5 Å². The van der Waals surface area contributed by atoms with Gasteiger partial charge in [0.1, 0.15) is 5.01 Å². The van der Waals surface area contributed by atoms with E-state index in [2.05, 4.69) is 22.4 Å². The SMILES string of the molecule is CCCN(CCC(=O)Nc1nnc(-c2cccc(C)c2)s1)C(=O)CCC1CCCC1. The molecule has 6 nitrogen and oxygen atoms in total. The number of carbonyl (C=O) groups is 2. The number of anilines is 1. The summed E-state index contributed by atoms with van der Waals surface area (Å²) in [6.07, 6.45) is 7.87.